The Morgan fingerprint density at radius 3 is 2.14 bits per heavy atom. The molecule has 1 aliphatic heterocycles. The van der Waals surface area contributed by atoms with Crippen molar-refractivity contribution in [3.8, 4) is 0 Å². The van der Waals surface area contributed by atoms with Gasteiger partial charge in [0.15, 0.2) is 0 Å². The van der Waals surface area contributed by atoms with Crippen LogP contribution in [0.2, 0.25) is 25.7 Å². The van der Waals surface area contributed by atoms with Crippen LogP contribution in [0.4, 0.5) is 9.59 Å². The highest BCUT2D eigenvalue weighted by molar-refractivity contribution is 6.76. The smallest absolute Gasteiger partial charge is 0.412 e. The molecule has 2 amide bonds. The number of nitrogens with zero attached hydrogens (tertiary/aromatic N) is 2. The first-order chi connectivity index (χ1) is 20.2. The zero-order valence-electron chi connectivity index (χ0n) is 29.3. The topological polar surface area (TPSA) is 94.6 Å². The second kappa shape index (κ2) is 15.6. The largest absolute Gasteiger partial charge is 0.464 e. The molecule has 9 nitrogen and oxygen atoms in total. The van der Waals surface area contributed by atoms with Gasteiger partial charge in [0.05, 0.1) is 25.3 Å². The SMILES string of the molecule is CC(C)CC1C(CN(C(=O)OCc2ccccc2)[C@H](CC(C)C)C(=O)OCC[Si](C)(C)C)OC(C)(C)N1C(=O)OC(C)(C)C. The maximum absolute atomic E-state index is 13.9. The van der Waals surface area contributed by atoms with E-state index in [0.29, 0.717) is 19.4 Å². The van der Waals surface area contributed by atoms with E-state index < -0.39 is 55.7 Å². The Bertz CT molecular complexity index is 1080. The Kier molecular flexibility index (Phi) is 13.3. The number of rotatable bonds is 13. The van der Waals surface area contributed by atoms with Crippen molar-refractivity contribution in [1.82, 2.24) is 9.80 Å². The fraction of sp³-hybridized carbons (Fsp3) is 0.735. The summed E-state index contributed by atoms with van der Waals surface area (Å²) in [5.74, 6) is -0.128. The van der Waals surface area contributed by atoms with Crippen LogP contribution in [0.15, 0.2) is 30.3 Å². The molecule has 0 radical (unpaired) electrons. The molecule has 2 unspecified atom stereocenters. The third-order valence-electron chi connectivity index (χ3n) is 7.34. The van der Waals surface area contributed by atoms with E-state index in [2.05, 4.69) is 33.5 Å². The van der Waals surface area contributed by atoms with Crippen LogP contribution < -0.4 is 0 Å². The second-order valence-electron chi connectivity index (χ2n) is 15.5. The molecule has 1 aromatic rings. The Morgan fingerprint density at radius 1 is 1.00 bits per heavy atom. The molecule has 3 atom stereocenters. The van der Waals surface area contributed by atoms with E-state index in [1.165, 1.54) is 4.90 Å². The summed E-state index contributed by atoms with van der Waals surface area (Å²) in [4.78, 5) is 44.2. The van der Waals surface area contributed by atoms with Gasteiger partial charge in [0.2, 0.25) is 0 Å². The summed E-state index contributed by atoms with van der Waals surface area (Å²) in [6.45, 7) is 24.4. The zero-order valence-corrected chi connectivity index (χ0v) is 30.3. The van der Waals surface area contributed by atoms with E-state index in [-0.39, 0.29) is 25.0 Å². The number of benzene rings is 1. The minimum absolute atomic E-state index is 0.0498. The van der Waals surface area contributed by atoms with Crippen LogP contribution in [0.3, 0.4) is 0 Å². The summed E-state index contributed by atoms with van der Waals surface area (Å²) in [5.41, 5.74) is -0.855. The van der Waals surface area contributed by atoms with Crippen LogP contribution in [-0.2, 0) is 30.3 Å². The molecule has 0 spiro atoms. The summed E-state index contributed by atoms with van der Waals surface area (Å²) >= 11 is 0. The van der Waals surface area contributed by atoms with Gasteiger partial charge in [-0.1, -0.05) is 77.7 Å². The first kappa shape index (κ1) is 37.6. The van der Waals surface area contributed by atoms with Crippen molar-refractivity contribution in [1.29, 1.82) is 0 Å². The van der Waals surface area contributed by atoms with Gasteiger partial charge in [-0.25, -0.2) is 14.4 Å². The predicted molar refractivity (Wildman–Crippen MR) is 176 cm³/mol. The summed E-state index contributed by atoms with van der Waals surface area (Å²) < 4.78 is 24.0. The Hall–Kier alpha value is -2.59. The molecule has 1 aromatic carbocycles. The number of carbonyl (C=O) groups excluding carboxylic acids is 3. The van der Waals surface area contributed by atoms with Gasteiger partial charge in [-0.2, -0.15) is 0 Å². The van der Waals surface area contributed by atoms with Crippen molar-refractivity contribution in [2.75, 3.05) is 13.2 Å². The molecular formula is C34H58N2O7Si. The van der Waals surface area contributed by atoms with Gasteiger partial charge in [0.1, 0.15) is 24.0 Å². The normalized spacial score (nSPS) is 19.2. The van der Waals surface area contributed by atoms with Crippen LogP contribution in [0.5, 0.6) is 0 Å². The predicted octanol–water partition coefficient (Wildman–Crippen LogP) is 7.71. The van der Waals surface area contributed by atoms with E-state index in [1.54, 1.807) is 4.90 Å². The Morgan fingerprint density at radius 2 is 1.61 bits per heavy atom. The molecule has 0 bridgehead atoms. The standard InChI is InChI=1S/C34H58N2O7Si/c1-24(2)20-27-29(42-34(8,9)36(27)32(39)43-33(5,6)7)22-35(31(38)41-23-26-16-14-13-15-17-26)28(21-25(3)4)30(37)40-18-19-44(10,11)12/h13-17,24-25,27-29H,18-23H2,1-12H3/t27?,28-,29?/m1/s1. The molecule has 0 saturated carbocycles. The van der Waals surface area contributed by atoms with Gasteiger partial charge in [0, 0.05) is 8.07 Å². The number of carbonyl (C=O) groups is 3. The number of hydrogen-bond donors (Lipinski definition) is 0. The van der Waals surface area contributed by atoms with Crippen LogP contribution in [-0.4, -0.2) is 78.7 Å². The molecule has 44 heavy (non-hydrogen) atoms. The monoisotopic (exact) mass is 634 g/mol. The quantitative estimate of drug-likeness (QED) is 0.125. The summed E-state index contributed by atoms with van der Waals surface area (Å²) in [6.07, 6.45) is -0.669. The minimum atomic E-state index is -1.45. The van der Waals surface area contributed by atoms with Gasteiger partial charge >= 0.3 is 18.2 Å². The first-order valence-corrected chi connectivity index (χ1v) is 19.7. The van der Waals surface area contributed by atoms with Crippen molar-refractivity contribution >= 4 is 26.2 Å². The number of hydrogen-bond acceptors (Lipinski definition) is 7. The molecular weight excluding hydrogens is 576 g/mol. The Balaban J connectivity index is 2.48. The van der Waals surface area contributed by atoms with E-state index in [9.17, 15) is 14.4 Å². The molecule has 1 fully saturated rings. The molecule has 10 heteroatoms. The molecule has 250 valence electrons. The lowest BCUT2D eigenvalue weighted by Crippen LogP contribution is -2.53. The lowest BCUT2D eigenvalue weighted by Gasteiger charge is -2.36. The average Bonchev–Trinajstić information content (AvgIpc) is 3.11. The van der Waals surface area contributed by atoms with Crippen molar-refractivity contribution < 1.29 is 33.3 Å². The van der Waals surface area contributed by atoms with E-state index >= 15 is 0 Å². The molecule has 0 aromatic heterocycles. The van der Waals surface area contributed by atoms with Crippen molar-refractivity contribution in [2.24, 2.45) is 11.8 Å². The molecule has 0 aliphatic carbocycles. The van der Waals surface area contributed by atoms with Gasteiger partial charge in [0.25, 0.3) is 0 Å². The van der Waals surface area contributed by atoms with Crippen molar-refractivity contribution in [3.63, 3.8) is 0 Å². The molecule has 1 saturated heterocycles. The van der Waals surface area contributed by atoms with Crippen LogP contribution in [0.1, 0.15) is 80.7 Å². The second-order valence-corrected chi connectivity index (χ2v) is 21.1. The molecule has 1 aliphatic rings. The van der Waals surface area contributed by atoms with Crippen molar-refractivity contribution in [3.05, 3.63) is 35.9 Å². The van der Waals surface area contributed by atoms with Gasteiger partial charge in [-0.15, -0.1) is 0 Å². The fourth-order valence-electron chi connectivity index (χ4n) is 5.31. The number of ether oxygens (including phenoxy) is 4. The lowest BCUT2D eigenvalue weighted by molar-refractivity contribution is -0.150. The maximum atomic E-state index is 13.9. The minimum Gasteiger partial charge on any atom is -0.464 e. The van der Waals surface area contributed by atoms with Crippen molar-refractivity contribution in [2.45, 2.75) is 137 Å². The van der Waals surface area contributed by atoms with E-state index in [4.69, 9.17) is 18.9 Å². The van der Waals surface area contributed by atoms with Gasteiger partial charge in [-0.05, 0) is 70.9 Å². The lowest BCUT2D eigenvalue weighted by atomic mass is 9.96. The third kappa shape index (κ3) is 12.1. The summed E-state index contributed by atoms with van der Waals surface area (Å²) in [6, 6.07) is 8.99. The molecule has 0 N–H and O–H groups in total. The number of esters is 1. The molecule has 1 heterocycles. The summed E-state index contributed by atoms with van der Waals surface area (Å²) in [5, 5.41) is 0. The number of amides is 2. The third-order valence-corrected chi connectivity index (χ3v) is 9.04. The van der Waals surface area contributed by atoms with Crippen LogP contribution in [0, 0.1) is 11.8 Å². The maximum Gasteiger partial charge on any atom is 0.412 e. The molecule has 2 rings (SSSR count). The highest BCUT2D eigenvalue weighted by Crippen LogP contribution is 2.37. The van der Waals surface area contributed by atoms with Gasteiger partial charge < -0.3 is 18.9 Å². The van der Waals surface area contributed by atoms with E-state index in [0.717, 1.165) is 11.6 Å². The first-order valence-electron chi connectivity index (χ1n) is 16.0. The van der Waals surface area contributed by atoms with E-state index in [1.807, 2.05) is 78.8 Å². The fourth-order valence-corrected chi connectivity index (χ4v) is 6.03. The van der Waals surface area contributed by atoms with Crippen LogP contribution >= 0.6 is 0 Å². The van der Waals surface area contributed by atoms with Crippen LogP contribution in [0.25, 0.3) is 0 Å². The Labute approximate surface area is 266 Å². The van der Waals surface area contributed by atoms with Gasteiger partial charge in [-0.3, -0.25) is 9.80 Å². The highest BCUT2D eigenvalue weighted by Gasteiger charge is 2.52. The summed E-state index contributed by atoms with van der Waals surface area (Å²) in [7, 11) is -1.45. The zero-order chi connectivity index (χ0) is 33.5. The average molecular weight is 635 g/mol. The highest BCUT2D eigenvalue weighted by atomic mass is 28.3.